The second-order valence-corrected chi connectivity index (χ2v) is 4.95. The fourth-order valence-electron chi connectivity index (χ4n) is 2.28. The Morgan fingerprint density at radius 2 is 2.29 bits per heavy atom. The predicted octanol–water partition coefficient (Wildman–Crippen LogP) is 4.14. The molecular formula is C13H24O. The third kappa shape index (κ3) is 4.17. The minimum atomic E-state index is 0.854. The number of ether oxygens (including phenoxy) is 1. The van der Waals surface area contributed by atoms with Crippen LogP contribution in [0.15, 0.2) is 11.8 Å². The normalized spacial score (nSPS) is 25.7. The van der Waals surface area contributed by atoms with Crippen molar-refractivity contribution in [1.29, 1.82) is 0 Å². The van der Waals surface area contributed by atoms with Crippen molar-refractivity contribution < 1.29 is 4.74 Å². The maximum atomic E-state index is 5.09. The van der Waals surface area contributed by atoms with E-state index in [1.165, 1.54) is 44.1 Å². The molecular weight excluding hydrogens is 172 g/mol. The van der Waals surface area contributed by atoms with Crippen LogP contribution in [0.3, 0.4) is 0 Å². The second kappa shape index (κ2) is 6.10. The van der Waals surface area contributed by atoms with Crippen molar-refractivity contribution in [2.45, 2.75) is 52.4 Å². The van der Waals surface area contributed by atoms with Gasteiger partial charge in [0.15, 0.2) is 0 Å². The van der Waals surface area contributed by atoms with Crippen LogP contribution in [0, 0.1) is 11.8 Å². The van der Waals surface area contributed by atoms with Gasteiger partial charge >= 0.3 is 0 Å². The summed E-state index contributed by atoms with van der Waals surface area (Å²) in [5, 5.41) is 0. The number of rotatable bonds is 4. The van der Waals surface area contributed by atoms with Crippen molar-refractivity contribution in [2.75, 3.05) is 7.11 Å². The van der Waals surface area contributed by atoms with Gasteiger partial charge in [0.2, 0.25) is 0 Å². The van der Waals surface area contributed by atoms with Crippen molar-refractivity contribution in [3.63, 3.8) is 0 Å². The topological polar surface area (TPSA) is 9.23 Å². The Morgan fingerprint density at radius 3 is 2.93 bits per heavy atom. The van der Waals surface area contributed by atoms with Crippen LogP contribution < -0.4 is 0 Å². The van der Waals surface area contributed by atoms with Gasteiger partial charge in [-0.15, -0.1) is 0 Å². The lowest BCUT2D eigenvalue weighted by Crippen LogP contribution is -2.09. The molecule has 1 saturated carbocycles. The van der Waals surface area contributed by atoms with E-state index in [2.05, 4.69) is 13.8 Å². The molecule has 0 aliphatic heterocycles. The molecule has 0 aromatic carbocycles. The maximum absolute atomic E-state index is 5.09. The summed E-state index contributed by atoms with van der Waals surface area (Å²) in [6, 6.07) is 0. The minimum absolute atomic E-state index is 0.854. The molecule has 1 rings (SSSR count). The van der Waals surface area contributed by atoms with Crippen molar-refractivity contribution in [3.05, 3.63) is 11.8 Å². The molecule has 0 aromatic rings. The molecule has 1 aliphatic rings. The van der Waals surface area contributed by atoms with Crippen LogP contribution in [-0.4, -0.2) is 7.11 Å². The summed E-state index contributed by atoms with van der Waals surface area (Å²) < 4.78 is 5.09. The first-order valence-corrected chi connectivity index (χ1v) is 5.93. The quantitative estimate of drug-likeness (QED) is 0.614. The van der Waals surface area contributed by atoms with E-state index in [-0.39, 0.29) is 0 Å². The molecule has 82 valence electrons. The van der Waals surface area contributed by atoms with Crippen molar-refractivity contribution in [3.8, 4) is 0 Å². The molecule has 1 atom stereocenters. The van der Waals surface area contributed by atoms with Crippen LogP contribution in [0.1, 0.15) is 52.4 Å². The Kier molecular flexibility index (Phi) is 5.06. The van der Waals surface area contributed by atoms with E-state index in [1.807, 2.05) is 6.26 Å². The highest BCUT2D eigenvalue weighted by Gasteiger charge is 2.17. The summed E-state index contributed by atoms with van der Waals surface area (Å²) >= 11 is 0. The third-order valence-corrected chi connectivity index (χ3v) is 3.10. The van der Waals surface area contributed by atoms with E-state index in [9.17, 15) is 0 Å². The van der Waals surface area contributed by atoms with Gasteiger partial charge in [-0.2, -0.15) is 0 Å². The summed E-state index contributed by atoms with van der Waals surface area (Å²) in [7, 11) is 1.75. The van der Waals surface area contributed by atoms with Crippen LogP contribution >= 0.6 is 0 Å². The van der Waals surface area contributed by atoms with Gasteiger partial charge in [-0.25, -0.2) is 0 Å². The van der Waals surface area contributed by atoms with Gasteiger partial charge in [-0.05, 0) is 49.5 Å². The average molecular weight is 196 g/mol. The molecule has 0 aromatic heterocycles. The van der Waals surface area contributed by atoms with E-state index in [1.54, 1.807) is 7.11 Å². The molecule has 1 unspecified atom stereocenters. The van der Waals surface area contributed by atoms with Gasteiger partial charge in [0.05, 0.1) is 13.4 Å². The fourth-order valence-corrected chi connectivity index (χ4v) is 2.28. The van der Waals surface area contributed by atoms with Crippen LogP contribution in [0.25, 0.3) is 0 Å². The SMILES string of the molecule is CO/C=C1\CCCC(CCC(C)C)C1. The van der Waals surface area contributed by atoms with Crippen molar-refractivity contribution >= 4 is 0 Å². The van der Waals surface area contributed by atoms with Gasteiger partial charge in [0.1, 0.15) is 0 Å². The summed E-state index contributed by atoms with van der Waals surface area (Å²) in [5.41, 5.74) is 1.52. The number of allylic oxidation sites excluding steroid dienone is 1. The van der Waals surface area contributed by atoms with Crippen LogP contribution in [0.2, 0.25) is 0 Å². The van der Waals surface area contributed by atoms with E-state index in [4.69, 9.17) is 4.74 Å². The lowest BCUT2D eigenvalue weighted by molar-refractivity contribution is 0.311. The summed E-state index contributed by atoms with van der Waals surface area (Å²) in [4.78, 5) is 0. The predicted molar refractivity (Wildman–Crippen MR) is 61.1 cm³/mol. The number of hydrogen-bond donors (Lipinski definition) is 0. The van der Waals surface area contributed by atoms with Gasteiger partial charge in [0, 0.05) is 0 Å². The summed E-state index contributed by atoms with van der Waals surface area (Å²) in [6.45, 7) is 4.63. The highest BCUT2D eigenvalue weighted by molar-refractivity contribution is 5.02. The number of hydrogen-bond acceptors (Lipinski definition) is 1. The zero-order chi connectivity index (χ0) is 10.4. The zero-order valence-electron chi connectivity index (χ0n) is 9.88. The van der Waals surface area contributed by atoms with E-state index in [0.29, 0.717) is 0 Å². The summed E-state index contributed by atoms with van der Waals surface area (Å²) in [6.07, 6.45) is 10.1. The number of methoxy groups -OCH3 is 1. The third-order valence-electron chi connectivity index (χ3n) is 3.10. The molecule has 0 amide bonds. The Hall–Kier alpha value is -0.460. The zero-order valence-corrected chi connectivity index (χ0v) is 9.88. The van der Waals surface area contributed by atoms with E-state index < -0.39 is 0 Å². The van der Waals surface area contributed by atoms with Gasteiger partial charge in [-0.1, -0.05) is 20.3 Å². The lowest BCUT2D eigenvalue weighted by Gasteiger charge is -2.24. The monoisotopic (exact) mass is 196 g/mol. The van der Waals surface area contributed by atoms with Crippen molar-refractivity contribution in [2.24, 2.45) is 11.8 Å². The van der Waals surface area contributed by atoms with Crippen molar-refractivity contribution in [1.82, 2.24) is 0 Å². The molecule has 1 aliphatic carbocycles. The van der Waals surface area contributed by atoms with Crippen LogP contribution in [0.4, 0.5) is 0 Å². The molecule has 0 radical (unpaired) electrons. The summed E-state index contributed by atoms with van der Waals surface area (Å²) in [5.74, 6) is 1.78. The molecule has 0 heterocycles. The van der Waals surface area contributed by atoms with Crippen LogP contribution in [0.5, 0.6) is 0 Å². The molecule has 1 heteroatoms. The minimum Gasteiger partial charge on any atom is -0.504 e. The van der Waals surface area contributed by atoms with E-state index >= 15 is 0 Å². The largest absolute Gasteiger partial charge is 0.504 e. The standard InChI is InChI=1S/C13H24O/c1-11(2)7-8-12-5-4-6-13(9-12)10-14-3/h10-12H,4-9H2,1-3H3/b13-10+. The Balaban J connectivity index is 2.29. The first-order chi connectivity index (χ1) is 6.72. The lowest BCUT2D eigenvalue weighted by atomic mass is 9.82. The first-order valence-electron chi connectivity index (χ1n) is 5.93. The highest BCUT2D eigenvalue weighted by Crippen LogP contribution is 2.32. The molecule has 1 fully saturated rings. The smallest absolute Gasteiger partial charge is 0.0816 e. The van der Waals surface area contributed by atoms with Gasteiger partial charge < -0.3 is 4.74 Å². The molecule has 0 bridgehead atoms. The van der Waals surface area contributed by atoms with Crippen LogP contribution in [-0.2, 0) is 4.74 Å². The average Bonchev–Trinajstić information content (AvgIpc) is 2.16. The molecule has 1 nitrogen and oxygen atoms in total. The molecule has 0 spiro atoms. The fraction of sp³-hybridized carbons (Fsp3) is 0.846. The second-order valence-electron chi connectivity index (χ2n) is 4.95. The van der Waals surface area contributed by atoms with Gasteiger partial charge in [0.25, 0.3) is 0 Å². The molecule has 0 N–H and O–H groups in total. The maximum Gasteiger partial charge on any atom is 0.0816 e. The molecule has 14 heavy (non-hydrogen) atoms. The highest BCUT2D eigenvalue weighted by atomic mass is 16.5. The Labute approximate surface area is 88.5 Å². The Bertz CT molecular complexity index is 182. The first kappa shape index (κ1) is 11.6. The van der Waals surface area contributed by atoms with Gasteiger partial charge in [-0.3, -0.25) is 0 Å². The van der Waals surface area contributed by atoms with E-state index in [0.717, 1.165) is 11.8 Å². The molecule has 0 saturated heterocycles. The Morgan fingerprint density at radius 1 is 1.50 bits per heavy atom.